The third kappa shape index (κ3) is 6.22. The number of piperazine rings is 1. The van der Waals surface area contributed by atoms with Crippen LogP contribution >= 0.6 is 0 Å². The molecule has 0 spiro atoms. The first-order valence-electron chi connectivity index (χ1n) is 9.84. The van der Waals surface area contributed by atoms with Gasteiger partial charge in [0.25, 0.3) is 0 Å². The van der Waals surface area contributed by atoms with Gasteiger partial charge in [0.05, 0.1) is 12.8 Å². The van der Waals surface area contributed by atoms with Crippen molar-refractivity contribution >= 4 is 17.7 Å². The van der Waals surface area contributed by atoms with Gasteiger partial charge in [0.2, 0.25) is 5.91 Å². The molecule has 0 aliphatic carbocycles. The van der Waals surface area contributed by atoms with Crippen molar-refractivity contribution in [3.05, 3.63) is 66.2 Å². The number of carbonyl (C=O) groups is 1. The summed E-state index contributed by atoms with van der Waals surface area (Å²) in [4.78, 5) is 17.1. The molecule has 1 saturated heterocycles. The van der Waals surface area contributed by atoms with Crippen molar-refractivity contribution in [2.75, 3.05) is 51.7 Å². The number of hydrogen-bond donors (Lipinski definition) is 1. The fourth-order valence-electron chi connectivity index (χ4n) is 3.32. The highest BCUT2D eigenvalue weighted by Gasteiger charge is 2.17. The summed E-state index contributed by atoms with van der Waals surface area (Å²) in [5.41, 5.74) is 1.97. The standard InChI is InChI=1S/C23H29N3O2/c1-28-22-12-6-5-11-21(22)24-23(27)13-15-26-18-16-25(17-19-26)14-7-10-20-8-3-2-4-9-20/h2-12H,13-19H2,1H3,(H,24,27)/b10-7+. The van der Waals surface area contributed by atoms with Crippen LogP contribution in [-0.2, 0) is 4.79 Å². The van der Waals surface area contributed by atoms with Crippen molar-refractivity contribution in [1.82, 2.24) is 9.80 Å². The van der Waals surface area contributed by atoms with Crippen molar-refractivity contribution in [3.63, 3.8) is 0 Å². The number of carbonyl (C=O) groups excluding carboxylic acids is 1. The molecule has 2 aromatic rings. The molecule has 5 heteroatoms. The average molecular weight is 380 g/mol. The van der Waals surface area contributed by atoms with E-state index in [0.717, 1.165) is 45.0 Å². The van der Waals surface area contributed by atoms with Gasteiger partial charge in [0, 0.05) is 45.7 Å². The van der Waals surface area contributed by atoms with Crippen molar-refractivity contribution in [2.24, 2.45) is 0 Å². The lowest BCUT2D eigenvalue weighted by Crippen LogP contribution is -2.46. The fourth-order valence-corrected chi connectivity index (χ4v) is 3.32. The maximum Gasteiger partial charge on any atom is 0.225 e. The van der Waals surface area contributed by atoms with Crippen molar-refractivity contribution in [2.45, 2.75) is 6.42 Å². The second kappa shape index (κ2) is 10.6. The Labute approximate surface area is 167 Å². The highest BCUT2D eigenvalue weighted by Crippen LogP contribution is 2.23. The van der Waals surface area contributed by atoms with E-state index in [1.807, 2.05) is 30.3 Å². The van der Waals surface area contributed by atoms with Crippen LogP contribution in [0.3, 0.4) is 0 Å². The lowest BCUT2D eigenvalue weighted by atomic mass is 10.2. The molecule has 148 valence electrons. The number of nitrogens with zero attached hydrogens (tertiary/aromatic N) is 2. The molecule has 1 aliphatic heterocycles. The molecule has 1 aliphatic rings. The number of benzene rings is 2. The molecule has 3 rings (SSSR count). The Bertz CT molecular complexity index is 768. The molecule has 1 fully saturated rings. The zero-order chi connectivity index (χ0) is 19.6. The molecule has 0 atom stereocenters. The largest absolute Gasteiger partial charge is 0.495 e. The van der Waals surface area contributed by atoms with E-state index >= 15 is 0 Å². The van der Waals surface area contributed by atoms with E-state index in [1.165, 1.54) is 5.56 Å². The minimum atomic E-state index is 0.0257. The van der Waals surface area contributed by atoms with E-state index in [1.54, 1.807) is 7.11 Å². The zero-order valence-electron chi connectivity index (χ0n) is 16.5. The Morgan fingerprint density at radius 3 is 2.43 bits per heavy atom. The van der Waals surface area contributed by atoms with Crippen LogP contribution in [0.15, 0.2) is 60.7 Å². The molecule has 5 nitrogen and oxygen atoms in total. The Balaban J connectivity index is 1.35. The molecule has 1 heterocycles. The predicted molar refractivity (Wildman–Crippen MR) is 115 cm³/mol. The van der Waals surface area contributed by atoms with Gasteiger partial charge in [-0.25, -0.2) is 0 Å². The van der Waals surface area contributed by atoms with E-state index in [0.29, 0.717) is 12.2 Å². The van der Waals surface area contributed by atoms with Crippen LogP contribution in [0.4, 0.5) is 5.69 Å². The summed E-state index contributed by atoms with van der Waals surface area (Å²) in [6.45, 7) is 5.83. The van der Waals surface area contributed by atoms with E-state index in [4.69, 9.17) is 4.74 Å². The van der Waals surface area contributed by atoms with Gasteiger partial charge < -0.3 is 15.0 Å². The molecule has 2 aromatic carbocycles. The van der Waals surface area contributed by atoms with Crippen LogP contribution in [0.2, 0.25) is 0 Å². The number of rotatable bonds is 8. The van der Waals surface area contributed by atoms with Gasteiger partial charge in [0.1, 0.15) is 5.75 Å². The first kappa shape index (κ1) is 20.1. The number of amides is 1. The third-order valence-electron chi connectivity index (χ3n) is 4.97. The predicted octanol–water partition coefficient (Wildman–Crippen LogP) is 3.35. The number of methoxy groups -OCH3 is 1. The summed E-state index contributed by atoms with van der Waals surface area (Å²) in [5.74, 6) is 0.714. The molecule has 0 bridgehead atoms. The van der Waals surface area contributed by atoms with Crippen LogP contribution in [-0.4, -0.2) is 62.1 Å². The van der Waals surface area contributed by atoms with Gasteiger partial charge >= 0.3 is 0 Å². The molecule has 1 N–H and O–H groups in total. The highest BCUT2D eigenvalue weighted by atomic mass is 16.5. The first-order chi connectivity index (χ1) is 13.7. The van der Waals surface area contributed by atoms with E-state index in [-0.39, 0.29) is 5.91 Å². The van der Waals surface area contributed by atoms with Crippen LogP contribution in [0.5, 0.6) is 5.75 Å². The Morgan fingerprint density at radius 2 is 1.68 bits per heavy atom. The Kier molecular flexibility index (Phi) is 7.64. The van der Waals surface area contributed by atoms with Gasteiger partial charge in [-0.3, -0.25) is 9.69 Å². The maximum atomic E-state index is 12.3. The van der Waals surface area contributed by atoms with Crippen molar-refractivity contribution < 1.29 is 9.53 Å². The number of anilines is 1. The summed E-state index contributed by atoms with van der Waals surface area (Å²) < 4.78 is 5.28. The molecule has 0 aromatic heterocycles. The monoisotopic (exact) mass is 379 g/mol. The maximum absolute atomic E-state index is 12.3. The number of hydrogen-bond acceptors (Lipinski definition) is 4. The molecule has 0 unspecified atom stereocenters. The molecule has 1 amide bonds. The first-order valence-corrected chi connectivity index (χ1v) is 9.84. The second-order valence-corrected chi connectivity index (χ2v) is 6.95. The number of nitrogens with one attached hydrogen (secondary N) is 1. The Hall–Kier alpha value is -2.63. The number of ether oxygens (including phenoxy) is 1. The van der Waals surface area contributed by atoms with E-state index in [2.05, 4.69) is 51.5 Å². The van der Waals surface area contributed by atoms with Gasteiger partial charge in [-0.2, -0.15) is 0 Å². The quantitative estimate of drug-likeness (QED) is 0.764. The topological polar surface area (TPSA) is 44.8 Å². The Morgan fingerprint density at radius 1 is 1.00 bits per heavy atom. The molecule has 0 saturated carbocycles. The molecular weight excluding hydrogens is 350 g/mol. The van der Waals surface area contributed by atoms with E-state index < -0.39 is 0 Å². The minimum Gasteiger partial charge on any atom is -0.495 e. The normalized spacial score (nSPS) is 15.6. The lowest BCUT2D eigenvalue weighted by molar-refractivity contribution is -0.116. The summed E-state index contributed by atoms with van der Waals surface area (Å²) in [6.07, 6.45) is 4.90. The van der Waals surface area contributed by atoms with Gasteiger partial charge in [-0.05, 0) is 17.7 Å². The summed E-state index contributed by atoms with van der Waals surface area (Å²) in [7, 11) is 1.61. The molecule has 28 heavy (non-hydrogen) atoms. The smallest absolute Gasteiger partial charge is 0.225 e. The van der Waals surface area contributed by atoms with E-state index in [9.17, 15) is 4.79 Å². The average Bonchev–Trinajstić information content (AvgIpc) is 2.74. The zero-order valence-corrected chi connectivity index (χ0v) is 16.5. The van der Waals surface area contributed by atoms with Crippen molar-refractivity contribution in [1.29, 1.82) is 0 Å². The lowest BCUT2D eigenvalue weighted by Gasteiger charge is -2.34. The summed E-state index contributed by atoms with van der Waals surface area (Å²) in [6, 6.07) is 17.9. The van der Waals surface area contributed by atoms with Crippen LogP contribution in [0.25, 0.3) is 6.08 Å². The number of para-hydroxylation sites is 2. The molecule has 0 radical (unpaired) electrons. The highest BCUT2D eigenvalue weighted by molar-refractivity contribution is 5.92. The summed E-state index contributed by atoms with van der Waals surface area (Å²) >= 11 is 0. The van der Waals surface area contributed by atoms with Crippen LogP contribution in [0, 0.1) is 0 Å². The molecular formula is C23H29N3O2. The second-order valence-electron chi connectivity index (χ2n) is 6.95. The van der Waals surface area contributed by atoms with Gasteiger partial charge in [0.15, 0.2) is 0 Å². The summed E-state index contributed by atoms with van der Waals surface area (Å²) in [5, 5.41) is 2.94. The van der Waals surface area contributed by atoms with Gasteiger partial charge in [-0.15, -0.1) is 0 Å². The van der Waals surface area contributed by atoms with Crippen molar-refractivity contribution in [3.8, 4) is 5.75 Å². The SMILES string of the molecule is COc1ccccc1NC(=O)CCN1CCN(C/C=C/c2ccccc2)CC1. The fraction of sp³-hybridized carbons (Fsp3) is 0.348. The minimum absolute atomic E-state index is 0.0257. The van der Waals surface area contributed by atoms with Crippen LogP contribution in [0.1, 0.15) is 12.0 Å². The van der Waals surface area contributed by atoms with Gasteiger partial charge in [-0.1, -0.05) is 54.6 Å². The van der Waals surface area contributed by atoms with Crippen LogP contribution < -0.4 is 10.1 Å². The third-order valence-corrected chi connectivity index (χ3v) is 4.97.